The van der Waals surface area contributed by atoms with Crippen LogP contribution in [0.15, 0.2) is 47.6 Å². The van der Waals surface area contributed by atoms with E-state index in [0.717, 1.165) is 33.4 Å². The topological polar surface area (TPSA) is 39.9 Å². The highest BCUT2D eigenvalue weighted by atomic mass is 32.2. The number of halogens is 1. The molecule has 0 radical (unpaired) electrons. The van der Waals surface area contributed by atoms with E-state index in [1.807, 2.05) is 43.7 Å². The molecule has 0 saturated heterocycles. The van der Waals surface area contributed by atoms with Gasteiger partial charge >= 0.3 is 0 Å². The fraction of sp³-hybridized carbons (Fsp3) is 0.263. The zero-order chi connectivity index (χ0) is 17.8. The lowest BCUT2D eigenvalue weighted by Crippen LogP contribution is -2.05. The Hall–Kier alpha value is -2.34. The molecule has 0 bridgehead atoms. The summed E-state index contributed by atoms with van der Waals surface area (Å²) in [4.78, 5) is 0. The highest BCUT2D eigenvalue weighted by molar-refractivity contribution is 7.98. The van der Waals surface area contributed by atoms with Crippen LogP contribution in [-0.4, -0.2) is 14.8 Å². The summed E-state index contributed by atoms with van der Waals surface area (Å²) in [6.45, 7) is 4.41. The lowest BCUT2D eigenvalue weighted by Gasteiger charge is -2.10. The van der Waals surface area contributed by atoms with Crippen LogP contribution in [0.25, 0.3) is 0 Å². The lowest BCUT2D eigenvalue weighted by atomic mass is 10.1. The number of hydrogen-bond acceptors (Lipinski definition) is 4. The summed E-state index contributed by atoms with van der Waals surface area (Å²) in [5.74, 6) is 2.03. The molecule has 1 heterocycles. The Balaban J connectivity index is 1.63. The van der Waals surface area contributed by atoms with Gasteiger partial charge in [-0.25, -0.2) is 4.39 Å². The predicted molar refractivity (Wildman–Crippen MR) is 97.2 cm³/mol. The predicted octanol–water partition coefficient (Wildman–Crippen LogP) is 4.44. The van der Waals surface area contributed by atoms with Gasteiger partial charge in [-0.3, -0.25) is 0 Å². The third-order valence-corrected chi connectivity index (χ3v) is 4.97. The van der Waals surface area contributed by atoms with E-state index >= 15 is 0 Å². The summed E-state index contributed by atoms with van der Waals surface area (Å²) < 4.78 is 21.0. The zero-order valence-corrected chi connectivity index (χ0v) is 15.3. The highest BCUT2D eigenvalue weighted by Gasteiger charge is 2.11. The van der Waals surface area contributed by atoms with E-state index in [9.17, 15) is 4.39 Å². The molecule has 0 unspecified atom stereocenters. The average Bonchev–Trinajstić information content (AvgIpc) is 2.94. The van der Waals surface area contributed by atoms with Crippen LogP contribution < -0.4 is 4.74 Å². The lowest BCUT2D eigenvalue weighted by molar-refractivity contribution is 0.288. The molecule has 0 atom stereocenters. The molecule has 3 aromatic rings. The van der Waals surface area contributed by atoms with Gasteiger partial charge in [0.15, 0.2) is 11.0 Å². The quantitative estimate of drug-likeness (QED) is 0.612. The van der Waals surface area contributed by atoms with Crippen LogP contribution in [0, 0.1) is 19.7 Å². The van der Waals surface area contributed by atoms with Gasteiger partial charge in [0.2, 0.25) is 0 Å². The number of aryl methyl sites for hydroxylation is 2. The number of ether oxygens (including phenoxy) is 1. The van der Waals surface area contributed by atoms with Crippen LogP contribution in [0.3, 0.4) is 0 Å². The Kier molecular flexibility index (Phi) is 5.38. The van der Waals surface area contributed by atoms with Gasteiger partial charge in [-0.1, -0.05) is 36.0 Å². The molecule has 2 aromatic carbocycles. The van der Waals surface area contributed by atoms with Crippen molar-refractivity contribution in [1.29, 1.82) is 0 Å². The number of aromatic nitrogens is 3. The third-order valence-electron chi connectivity index (χ3n) is 3.88. The first kappa shape index (κ1) is 17.5. The number of hydrogen-bond donors (Lipinski definition) is 0. The van der Waals surface area contributed by atoms with Crippen molar-refractivity contribution in [3.63, 3.8) is 0 Å². The van der Waals surface area contributed by atoms with Gasteiger partial charge in [0.25, 0.3) is 0 Å². The number of thioether (sulfide) groups is 1. The fourth-order valence-electron chi connectivity index (χ4n) is 2.38. The van der Waals surface area contributed by atoms with Gasteiger partial charge in [0.05, 0.1) is 0 Å². The summed E-state index contributed by atoms with van der Waals surface area (Å²) in [7, 11) is 1.91. The molecule has 1 aromatic heterocycles. The minimum Gasteiger partial charge on any atom is -0.485 e. The van der Waals surface area contributed by atoms with Crippen LogP contribution in [0.1, 0.15) is 22.5 Å². The van der Waals surface area contributed by atoms with Crippen LogP contribution in [0.5, 0.6) is 5.75 Å². The Morgan fingerprint density at radius 2 is 1.96 bits per heavy atom. The van der Waals surface area contributed by atoms with Crippen molar-refractivity contribution in [2.45, 2.75) is 31.4 Å². The number of nitrogens with zero attached hydrogens (tertiary/aromatic N) is 3. The summed E-state index contributed by atoms with van der Waals surface area (Å²) in [6.07, 6.45) is 0. The minimum atomic E-state index is -0.223. The van der Waals surface area contributed by atoms with E-state index in [0.29, 0.717) is 12.4 Å². The standard InChI is InChI=1S/C19H20FN3OS/c1-13-7-8-14(2)17(9-13)24-11-18-21-22-19(23(18)3)25-12-15-5-4-6-16(20)10-15/h4-10H,11-12H2,1-3H3. The molecule has 0 aliphatic heterocycles. The number of benzene rings is 2. The molecule has 4 nitrogen and oxygen atoms in total. The largest absolute Gasteiger partial charge is 0.485 e. The fourth-order valence-corrected chi connectivity index (χ4v) is 3.25. The molecule has 6 heteroatoms. The highest BCUT2D eigenvalue weighted by Crippen LogP contribution is 2.23. The Morgan fingerprint density at radius 1 is 1.12 bits per heavy atom. The number of rotatable bonds is 6. The maximum atomic E-state index is 13.2. The van der Waals surface area contributed by atoms with Crippen LogP contribution in [-0.2, 0) is 19.4 Å². The molecule has 0 amide bonds. The van der Waals surface area contributed by atoms with E-state index in [2.05, 4.69) is 16.3 Å². The van der Waals surface area contributed by atoms with Crippen molar-refractivity contribution in [2.24, 2.45) is 7.05 Å². The normalized spacial score (nSPS) is 10.9. The molecule has 0 N–H and O–H groups in total. The molecular weight excluding hydrogens is 337 g/mol. The van der Waals surface area contributed by atoms with Crippen molar-refractivity contribution >= 4 is 11.8 Å². The maximum absolute atomic E-state index is 13.2. The van der Waals surface area contributed by atoms with Gasteiger partial charge in [-0.2, -0.15) is 0 Å². The molecular formula is C19H20FN3OS. The first-order valence-corrected chi connectivity index (χ1v) is 8.97. The summed E-state index contributed by atoms with van der Waals surface area (Å²) in [5.41, 5.74) is 3.17. The molecule has 0 aliphatic carbocycles. The second kappa shape index (κ2) is 7.70. The first-order chi connectivity index (χ1) is 12.0. The maximum Gasteiger partial charge on any atom is 0.191 e. The van der Waals surface area contributed by atoms with E-state index in [-0.39, 0.29) is 5.82 Å². The smallest absolute Gasteiger partial charge is 0.191 e. The molecule has 0 saturated carbocycles. The Labute approximate surface area is 151 Å². The van der Waals surface area contributed by atoms with Gasteiger partial charge in [-0.05, 0) is 48.7 Å². The van der Waals surface area contributed by atoms with Crippen molar-refractivity contribution < 1.29 is 9.13 Å². The van der Waals surface area contributed by atoms with Gasteiger partial charge in [-0.15, -0.1) is 10.2 Å². The monoisotopic (exact) mass is 357 g/mol. The van der Waals surface area contributed by atoms with E-state index in [1.165, 1.54) is 23.9 Å². The van der Waals surface area contributed by atoms with Crippen molar-refractivity contribution in [1.82, 2.24) is 14.8 Å². The molecule has 0 fully saturated rings. The van der Waals surface area contributed by atoms with E-state index < -0.39 is 0 Å². The van der Waals surface area contributed by atoms with Crippen molar-refractivity contribution in [3.8, 4) is 5.75 Å². The second-order valence-corrected chi connectivity index (χ2v) is 6.88. The second-order valence-electron chi connectivity index (χ2n) is 5.93. The van der Waals surface area contributed by atoms with Crippen LogP contribution in [0.2, 0.25) is 0 Å². The first-order valence-electron chi connectivity index (χ1n) is 7.98. The molecule has 130 valence electrons. The zero-order valence-electron chi connectivity index (χ0n) is 14.5. The van der Waals surface area contributed by atoms with Gasteiger partial charge < -0.3 is 9.30 Å². The molecule has 25 heavy (non-hydrogen) atoms. The van der Waals surface area contributed by atoms with Crippen LogP contribution >= 0.6 is 11.8 Å². The van der Waals surface area contributed by atoms with Crippen molar-refractivity contribution in [2.75, 3.05) is 0 Å². The summed E-state index contributed by atoms with van der Waals surface area (Å²) in [5, 5.41) is 9.19. The van der Waals surface area contributed by atoms with E-state index in [1.54, 1.807) is 6.07 Å². The molecule has 0 aliphatic rings. The average molecular weight is 357 g/mol. The Bertz CT molecular complexity index is 879. The van der Waals surface area contributed by atoms with Gasteiger partial charge in [0.1, 0.15) is 18.2 Å². The minimum absolute atomic E-state index is 0.223. The van der Waals surface area contributed by atoms with Crippen LogP contribution in [0.4, 0.5) is 4.39 Å². The Morgan fingerprint density at radius 3 is 2.76 bits per heavy atom. The van der Waals surface area contributed by atoms with Crippen molar-refractivity contribution in [3.05, 3.63) is 70.8 Å². The summed E-state index contributed by atoms with van der Waals surface area (Å²) in [6, 6.07) is 12.7. The van der Waals surface area contributed by atoms with E-state index in [4.69, 9.17) is 4.74 Å². The SMILES string of the molecule is Cc1ccc(C)c(OCc2nnc(SCc3cccc(F)c3)n2C)c1. The molecule has 0 spiro atoms. The third kappa shape index (κ3) is 4.39. The van der Waals surface area contributed by atoms with Gasteiger partial charge in [0, 0.05) is 12.8 Å². The summed E-state index contributed by atoms with van der Waals surface area (Å²) >= 11 is 1.52. The molecule has 3 rings (SSSR count).